The quantitative estimate of drug-likeness (QED) is 0.836. The fourth-order valence-corrected chi connectivity index (χ4v) is 1.61. The van der Waals surface area contributed by atoms with Gasteiger partial charge in [0.05, 0.1) is 12.2 Å². The van der Waals surface area contributed by atoms with E-state index in [0.29, 0.717) is 12.2 Å². The lowest BCUT2D eigenvalue weighted by molar-refractivity contribution is 0.0945. The summed E-state index contributed by atoms with van der Waals surface area (Å²) < 4.78 is 0. The van der Waals surface area contributed by atoms with E-state index in [0.717, 1.165) is 17.0 Å². The molecule has 2 aromatic rings. The summed E-state index contributed by atoms with van der Waals surface area (Å²) in [6.45, 7) is 4.24. The van der Waals surface area contributed by atoms with Crippen molar-refractivity contribution in [2.75, 3.05) is 0 Å². The molecule has 0 aliphatic carbocycles. The minimum Gasteiger partial charge on any atom is -0.345 e. The van der Waals surface area contributed by atoms with E-state index in [2.05, 4.69) is 20.5 Å². The summed E-state index contributed by atoms with van der Waals surface area (Å²) in [6, 6.07) is 5.52. The summed E-state index contributed by atoms with van der Waals surface area (Å²) in [5.74, 6) is -0.175. The van der Waals surface area contributed by atoms with Gasteiger partial charge in [0.1, 0.15) is 5.69 Å². The van der Waals surface area contributed by atoms with Crippen LogP contribution < -0.4 is 5.32 Å². The second kappa shape index (κ2) is 4.78. The second-order valence-corrected chi connectivity index (χ2v) is 3.94. The van der Waals surface area contributed by atoms with Crippen molar-refractivity contribution in [3.05, 3.63) is 47.0 Å². The highest BCUT2D eigenvalue weighted by molar-refractivity contribution is 5.92. The number of hydrogen-bond donors (Lipinski definition) is 2. The van der Waals surface area contributed by atoms with Crippen LogP contribution in [0.2, 0.25) is 0 Å². The molecule has 0 fully saturated rings. The fraction of sp³-hybridized carbons (Fsp3) is 0.250. The van der Waals surface area contributed by atoms with Crippen LogP contribution in [0.15, 0.2) is 24.4 Å². The van der Waals surface area contributed by atoms with Crippen molar-refractivity contribution in [1.29, 1.82) is 0 Å². The van der Waals surface area contributed by atoms with Gasteiger partial charge in [-0.2, -0.15) is 5.10 Å². The average molecular weight is 230 g/mol. The van der Waals surface area contributed by atoms with E-state index in [1.54, 1.807) is 12.3 Å². The van der Waals surface area contributed by atoms with Gasteiger partial charge in [0.25, 0.3) is 5.91 Å². The molecule has 17 heavy (non-hydrogen) atoms. The Morgan fingerprint density at radius 3 is 2.88 bits per heavy atom. The minimum atomic E-state index is -0.175. The highest BCUT2D eigenvalue weighted by Crippen LogP contribution is 2.04. The monoisotopic (exact) mass is 230 g/mol. The number of carbonyl (C=O) groups is 1. The molecular formula is C12H14N4O. The molecule has 2 rings (SSSR count). The smallest absolute Gasteiger partial charge is 0.270 e. The van der Waals surface area contributed by atoms with Crippen LogP contribution in [0.1, 0.15) is 27.4 Å². The first-order chi connectivity index (χ1) is 8.15. The average Bonchev–Trinajstić information content (AvgIpc) is 2.77. The Bertz CT molecular complexity index is 499. The van der Waals surface area contributed by atoms with Crippen LogP contribution in [-0.4, -0.2) is 21.1 Å². The minimum absolute atomic E-state index is 0.175. The molecule has 5 nitrogen and oxygen atoms in total. The Hall–Kier alpha value is -2.17. The number of aromatic amines is 1. The van der Waals surface area contributed by atoms with Crippen molar-refractivity contribution in [1.82, 2.24) is 20.5 Å². The van der Waals surface area contributed by atoms with E-state index in [1.165, 1.54) is 0 Å². The second-order valence-electron chi connectivity index (χ2n) is 3.94. The van der Waals surface area contributed by atoms with Crippen molar-refractivity contribution in [2.24, 2.45) is 0 Å². The van der Waals surface area contributed by atoms with Gasteiger partial charge in [0.15, 0.2) is 0 Å². The number of nitrogens with one attached hydrogen (secondary N) is 2. The van der Waals surface area contributed by atoms with E-state index in [1.807, 2.05) is 26.0 Å². The van der Waals surface area contributed by atoms with Crippen LogP contribution in [0.5, 0.6) is 0 Å². The van der Waals surface area contributed by atoms with E-state index in [-0.39, 0.29) is 5.91 Å². The van der Waals surface area contributed by atoms with Crippen molar-refractivity contribution >= 4 is 5.91 Å². The number of carbonyl (C=O) groups excluding carboxylic acids is 1. The molecule has 0 atom stereocenters. The van der Waals surface area contributed by atoms with Gasteiger partial charge in [-0.05, 0) is 37.6 Å². The zero-order chi connectivity index (χ0) is 12.3. The van der Waals surface area contributed by atoms with E-state index in [9.17, 15) is 4.79 Å². The maximum absolute atomic E-state index is 11.8. The number of H-pyrrole nitrogens is 1. The van der Waals surface area contributed by atoms with E-state index in [4.69, 9.17) is 0 Å². The Kier molecular flexibility index (Phi) is 3.18. The fourth-order valence-electron chi connectivity index (χ4n) is 1.61. The number of aromatic nitrogens is 3. The molecular weight excluding hydrogens is 216 g/mol. The van der Waals surface area contributed by atoms with Gasteiger partial charge >= 0.3 is 0 Å². The van der Waals surface area contributed by atoms with Gasteiger partial charge in [-0.15, -0.1) is 0 Å². The number of amides is 1. The van der Waals surface area contributed by atoms with Crippen LogP contribution in [0.3, 0.4) is 0 Å². The Morgan fingerprint density at radius 2 is 2.24 bits per heavy atom. The van der Waals surface area contributed by atoms with Gasteiger partial charge in [-0.1, -0.05) is 0 Å². The molecule has 0 unspecified atom stereocenters. The third-order valence-electron chi connectivity index (χ3n) is 2.33. The van der Waals surface area contributed by atoms with Crippen LogP contribution in [0.4, 0.5) is 0 Å². The molecule has 88 valence electrons. The predicted molar refractivity (Wildman–Crippen MR) is 63.5 cm³/mol. The Balaban J connectivity index is 2.04. The highest BCUT2D eigenvalue weighted by atomic mass is 16.1. The third kappa shape index (κ3) is 2.90. The van der Waals surface area contributed by atoms with Gasteiger partial charge < -0.3 is 5.32 Å². The van der Waals surface area contributed by atoms with E-state index >= 15 is 0 Å². The number of nitrogens with zero attached hydrogens (tertiary/aromatic N) is 2. The first kappa shape index (κ1) is 11.3. The summed E-state index contributed by atoms with van der Waals surface area (Å²) in [5.41, 5.74) is 3.19. The number of rotatable bonds is 3. The van der Waals surface area contributed by atoms with E-state index < -0.39 is 0 Å². The third-order valence-corrected chi connectivity index (χ3v) is 2.33. The molecule has 0 bridgehead atoms. The molecule has 0 saturated carbocycles. The zero-order valence-corrected chi connectivity index (χ0v) is 9.82. The summed E-state index contributed by atoms with van der Waals surface area (Å²) in [7, 11) is 0. The van der Waals surface area contributed by atoms with Gasteiger partial charge in [-0.25, -0.2) is 4.98 Å². The topological polar surface area (TPSA) is 70.7 Å². The SMILES string of the molecule is Cc1cc(C)nc(C(=O)NCc2ccn[nH]2)c1. The van der Waals surface area contributed by atoms with Crippen LogP contribution in [0, 0.1) is 13.8 Å². The van der Waals surface area contributed by atoms with Crippen LogP contribution >= 0.6 is 0 Å². The molecule has 1 amide bonds. The standard InChI is InChI=1S/C12H14N4O/c1-8-5-9(2)15-11(6-8)12(17)13-7-10-3-4-14-16-10/h3-6H,7H2,1-2H3,(H,13,17)(H,14,16). The maximum Gasteiger partial charge on any atom is 0.270 e. The Labute approximate surface area is 99.3 Å². The first-order valence-corrected chi connectivity index (χ1v) is 5.37. The van der Waals surface area contributed by atoms with Crippen molar-refractivity contribution in [3.8, 4) is 0 Å². The summed E-state index contributed by atoms with van der Waals surface area (Å²) in [5, 5.41) is 9.37. The largest absolute Gasteiger partial charge is 0.345 e. The lowest BCUT2D eigenvalue weighted by Crippen LogP contribution is -2.24. The van der Waals surface area contributed by atoms with Gasteiger partial charge in [-0.3, -0.25) is 9.89 Å². The number of pyridine rings is 1. The summed E-state index contributed by atoms with van der Waals surface area (Å²) >= 11 is 0. The Morgan fingerprint density at radius 1 is 1.41 bits per heavy atom. The molecule has 0 saturated heterocycles. The molecule has 2 heterocycles. The molecule has 0 aliphatic rings. The number of hydrogen-bond acceptors (Lipinski definition) is 3. The molecule has 2 aromatic heterocycles. The maximum atomic E-state index is 11.8. The lowest BCUT2D eigenvalue weighted by Gasteiger charge is -2.05. The lowest BCUT2D eigenvalue weighted by atomic mass is 10.2. The predicted octanol–water partition coefficient (Wildman–Crippen LogP) is 1.35. The summed E-state index contributed by atoms with van der Waals surface area (Å²) in [6.07, 6.45) is 1.65. The highest BCUT2D eigenvalue weighted by Gasteiger charge is 2.08. The van der Waals surface area contributed by atoms with Crippen molar-refractivity contribution in [3.63, 3.8) is 0 Å². The van der Waals surface area contributed by atoms with Crippen LogP contribution in [-0.2, 0) is 6.54 Å². The van der Waals surface area contributed by atoms with Crippen LogP contribution in [0.25, 0.3) is 0 Å². The molecule has 0 radical (unpaired) electrons. The van der Waals surface area contributed by atoms with Gasteiger partial charge in [0, 0.05) is 11.9 Å². The molecule has 0 spiro atoms. The summed E-state index contributed by atoms with van der Waals surface area (Å²) in [4.78, 5) is 16.0. The normalized spacial score (nSPS) is 10.2. The first-order valence-electron chi connectivity index (χ1n) is 5.37. The molecule has 0 aliphatic heterocycles. The zero-order valence-electron chi connectivity index (χ0n) is 9.82. The molecule has 0 aromatic carbocycles. The van der Waals surface area contributed by atoms with Crippen molar-refractivity contribution in [2.45, 2.75) is 20.4 Å². The molecule has 5 heteroatoms. The van der Waals surface area contributed by atoms with Gasteiger partial charge in [0.2, 0.25) is 0 Å². The number of aryl methyl sites for hydroxylation is 2. The molecule has 2 N–H and O–H groups in total. The van der Waals surface area contributed by atoms with Crippen molar-refractivity contribution < 1.29 is 4.79 Å².